The van der Waals surface area contributed by atoms with Crippen molar-refractivity contribution in [2.45, 2.75) is 43.0 Å². The summed E-state index contributed by atoms with van der Waals surface area (Å²) in [5.41, 5.74) is 5.36. The molecule has 0 bridgehead atoms. The molecule has 7 nitrogen and oxygen atoms in total. The minimum absolute atomic E-state index is 0.0390. The maximum atomic E-state index is 11.7. The van der Waals surface area contributed by atoms with Gasteiger partial charge >= 0.3 is 6.03 Å². The standard InChI is InChI=1S/C14H27N5O2S/c15-5-6-16-7-8-17-12(20)4-2-1-3-11-13-10(9-22-11)18-14(21)19-13/h10-11,13,16H,1-9,15H2,(H,17,20)(H2,18,19,21)/t10?,11-,13?/m1/s1. The topological polar surface area (TPSA) is 108 Å². The van der Waals surface area contributed by atoms with Gasteiger partial charge in [-0.05, 0) is 12.8 Å². The Hall–Kier alpha value is -0.990. The fourth-order valence-corrected chi connectivity index (χ4v) is 4.42. The molecule has 2 aliphatic heterocycles. The number of nitrogens with one attached hydrogen (secondary N) is 4. The number of nitrogens with two attached hydrogens (primary N) is 1. The van der Waals surface area contributed by atoms with Gasteiger partial charge in [-0.3, -0.25) is 4.79 Å². The summed E-state index contributed by atoms with van der Waals surface area (Å²) in [5.74, 6) is 1.10. The van der Waals surface area contributed by atoms with E-state index in [2.05, 4.69) is 21.3 Å². The number of hydrogen-bond donors (Lipinski definition) is 5. The van der Waals surface area contributed by atoms with E-state index >= 15 is 0 Å². The molecule has 2 aliphatic rings. The molecular formula is C14H27N5O2S. The number of rotatable bonds is 10. The van der Waals surface area contributed by atoms with E-state index in [1.54, 1.807) is 0 Å². The average molecular weight is 329 g/mol. The summed E-state index contributed by atoms with van der Waals surface area (Å²) in [6.45, 7) is 2.81. The van der Waals surface area contributed by atoms with Crippen LogP contribution in [0.4, 0.5) is 4.79 Å². The van der Waals surface area contributed by atoms with Gasteiger partial charge in [0.05, 0.1) is 12.1 Å². The number of thioether (sulfide) groups is 1. The van der Waals surface area contributed by atoms with E-state index in [0.717, 1.165) is 38.1 Å². The number of amides is 3. The molecular weight excluding hydrogens is 302 g/mol. The Labute approximate surface area is 135 Å². The van der Waals surface area contributed by atoms with E-state index < -0.39 is 0 Å². The molecule has 0 aromatic carbocycles. The molecule has 6 N–H and O–H groups in total. The molecule has 3 amide bonds. The third-order valence-corrected chi connectivity index (χ3v) is 5.53. The summed E-state index contributed by atoms with van der Waals surface area (Å²) in [7, 11) is 0. The lowest BCUT2D eigenvalue weighted by molar-refractivity contribution is -0.121. The monoisotopic (exact) mass is 329 g/mol. The molecule has 0 saturated carbocycles. The lowest BCUT2D eigenvalue weighted by atomic mass is 10.0. The highest BCUT2D eigenvalue weighted by Gasteiger charge is 2.42. The van der Waals surface area contributed by atoms with Crippen molar-refractivity contribution >= 4 is 23.7 Å². The lowest BCUT2D eigenvalue weighted by Crippen LogP contribution is -2.36. The summed E-state index contributed by atoms with van der Waals surface area (Å²) < 4.78 is 0. The summed E-state index contributed by atoms with van der Waals surface area (Å²) >= 11 is 1.92. The summed E-state index contributed by atoms with van der Waals surface area (Å²) in [6, 6.07) is 0.509. The number of carbonyl (C=O) groups excluding carboxylic acids is 2. The van der Waals surface area contributed by atoms with Crippen LogP contribution in [0.2, 0.25) is 0 Å². The summed E-state index contributed by atoms with van der Waals surface area (Å²) in [6.07, 6.45) is 3.56. The molecule has 126 valence electrons. The maximum absolute atomic E-state index is 11.7. The molecule has 22 heavy (non-hydrogen) atoms. The highest BCUT2D eigenvalue weighted by molar-refractivity contribution is 8.00. The van der Waals surface area contributed by atoms with E-state index in [0.29, 0.717) is 24.8 Å². The lowest BCUT2D eigenvalue weighted by Gasteiger charge is -2.16. The molecule has 2 fully saturated rings. The van der Waals surface area contributed by atoms with Crippen LogP contribution in [-0.2, 0) is 4.79 Å². The SMILES string of the molecule is NCCNCCNC(=O)CCCC[C@H]1SCC2NC(=O)NC21. The number of carbonyl (C=O) groups is 2. The van der Waals surface area contributed by atoms with E-state index in [4.69, 9.17) is 5.73 Å². The molecule has 2 unspecified atom stereocenters. The van der Waals surface area contributed by atoms with Crippen LogP contribution in [0.15, 0.2) is 0 Å². The van der Waals surface area contributed by atoms with Crippen molar-refractivity contribution in [3.05, 3.63) is 0 Å². The van der Waals surface area contributed by atoms with Crippen molar-refractivity contribution in [1.82, 2.24) is 21.3 Å². The highest BCUT2D eigenvalue weighted by Crippen LogP contribution is 2.33. The van der Waals surface area contributed by atoms with Gasteiger partial charge in [0.15, 0.2) is 0 Å². The quantitative estimate of drug-likeness (QED) is 0.271. The van der Waals surface area contributed by atoms with Crippen LogP contribution in [0.25, 0.3) is 0 Å². The Morgan fingerprint density at radius 3 is 2.95 bits per heavy atom. The van der Waals surface area contributed by atoms with E-state index in [1.807, 2.05) is 11.8 Å². The highest BCUT2D eigenvalue weighted by atomic mass is 32.2. The third-order valence-electron chi connectivity index (χ3n) is 4.03. The predicted molar refractivity (Wildman–Crippen MR) is 88.9 cm³/mol. The van der Waals surface area contributed by atoms with Gasteiger partial charge in [-0.25, -0.2) is 4.79 Å². The predicted octanol–water partition coefficient (Wildman–Crippen LogP) is -0.623. The Balaban J connectivity index is 1.49. The molecule has 2 heterocycles. The minimum Gasteiger partial charge on any atom is -0.355 e. The number of unbranched alkanes of at least 4 members (excludes halogenated alkanes) is 1. The van der Waals surface area contributed by atoms with Gasteiger partial charge in [-0.15, -0.1) is 0 Å². The van der Waals surface area contributed by atoms with Gasteiger partial charge < -0.3 is 27.0 Å². The second-order valence-corrected chi connectivity index (χ2v) is 7.03. The zero-order chi connectivity index (χ0) is 15.8. The molecule has 0 aromatic rings. The van der Waals surface area contributed by atoms with Crippen molar-refractivity contribution in [1.29, 1.82) is 0 Å². The summed E-state index contributed by atoms with van der Waals surface area (Å²) in [5, 5.41) is 12.5. The minimum atomic E-state index is -0.0390. The van der Waals surface area contributed by atoms with Gasteiger partial charge in [0.1, 0.15) is 0 Å². The smallest absolute Gasteiger partial charge is 0.315 e. The maximum Gasteiger partial charge on any atom is 0.315 e. The first-order chi connectivity index (χ1) is 10.7. The molecule has 0 aromatic heterocycles. The van der Waals surface area contributed by atoms with Gasteiger partial charge in [-0.2, -0.15) is 11.8 Å². The first-order valence-corrected chi connectivity index (χ1v) is 9.11. The van der Waals surface area contributed by atoms with Gasteiger partial charge in [0.25, 0.3) is 0 Å². The zero-order valence-corrected chi connectivity index (χ0v) is 13.7. The van der Waals surface area contributed by atoms with Gasteiger partial charge in [0.2, 0.25) is 5.91 Å². The largest absolute Gasteiger partial charge is 0.355 e. The molecule has 8 heteroatoms. The van der Waals surface area contributed by atoms with E-state index in [9.17, 15) is 9.59 Å². The molecule has 3 atom stereocenters. The second-order valence-electron chi connectivity index (χ2n) is 5.76. The third kappa shape index (κ3) is 5.33. The first-order valence-electron chi connectivity index (χ1n) is 8.07. The fourth-order valence-electron chi connectivity index (χ4n) is 2.88. The van der Waals surface area contributed by atoms with Crippen LogP contribution >= 0.6 is 11.8 Å². The Bertz CT molecular complexity index is 382. The Kier molecular flexibility index (Phi) is 7.28. The van der Waals surface area contributed by atoms with Crippen LogP contribution in [0, 0.1) is 0 Å². The second kappa shape index (κ2) is 9.22. The normalized spacial score (nSPS) is 26.4. The molecule has 2 saturated heterocycles. The zero-order valence-electron chi connectivity index (χ0n) is 12.9. The van der Waals surface area contributed by atoms with Crippen molar-refractivity contribution < 1.29 is 9.59 Å². The van der Waals surface area contributed by atoms with Crippen molar-refractivity contribution in [3.8, 4) is 0 Å². The number of urea groups is 1. The van der Waals surface area contributed by atoms with Crippen molar-refractivity contribution in [3.63, 3.8) is 0 Å². The van der Waals surface area contributed by atoms with Crippen LogP contribution in [0.3, 0.4) is 0 Å². The van der Waals surface area contributed by atoms with Crippen LogP contribution < -0.4 is 27.0 Å². The van der Waals surface area contributed by atoms with Crippen molar-refractivity contribution in [2.24, 2.45) is 5.73 Å². The molecule has 0 spiro atoms. The number of fused-ring (bicyclic) bond motifs is 1. The Morgan fingerprint density at radius 1 is 1.27 bits per heavy atom. The van der Waals surface area contributed by atoms with Crippen molar-refractivity contribution in [2.75, 3.05) is 31.9 Å². The van der Waals surface area contributed by atoms with Gasteiger partial charge in [-0.1, -0.05) is 6.42 Å². The Morgan fingerprint density at radius 2 is 2.14 bits per heavy atom. The molecule has 0 aliphatic carbocycles. The number of hydrogen-bond acceptors (Lipinski definition) is 5. The van der Waals surface area contributed by atoms with Crippen LogP contribution in [0.1, 0.15) is 25.7 Å². The van der Waals surface area contributed by atoms with Crippen LogP contribution in [0.5, 0.6) is 0 Å². The molecule has 0 radical (unpaired) electrons. The molecule has 2 rings (SSSR count). The van der Waals surface area contributed by atoms with Gasteiger partial charge in [0, 0.05) is 43.6 Å². The fraction of sp³-hybridized carbons (Fsp3) is 0.857. The van der Waals surface area contributed by atoms with E-state index in [-0.39, 0.29) is 24.0 Å². The van der Waals surface area contributed by atoms with Crippen LogP contribution in [-0.4, -0.2) is 61.2 Å². The van der Waals surface area contributed by atoms with E-state index in [1.165, 1.54) is 0 Å². The average Bonchev–Trinajstić information content (AvgIpc) is 3.03. The first kappa shape index (κ1) is 17.4. The summed E-state index contributed by atoms with van der Waals surface area (Å²) in [4.78, 5) is 23.0.